The summed E-state index contributed by atoms with van der Waals surface area (Å²) in [7, 11) is -10.5. The number of rotatable bonds is 4. The molecule has 1 spiro atoms. The van der Waals surface area contributed by atoms with Crippen LogP contribution in [0.5, 0.6) is 0 Å². The minimum Gasteiger partial charge on any atom is -0.739 e. The molecule has 3 rings (SSSR count). The molecule has 0 aromatic rings. The van der Waals surface area contributed by atoms with Gasteiger partial charge in [0, 0.05) is 0 Å². The zero-order chi connectivity index (χ0) is 22.0. The number of guanidine groups is 2. The van der Waals surface area contributed by atoms with Gasteiger partial charge >= 0.3 is 15.7 Å². The Hall–Kier alpha value is -2.29. The fourth-order valence-corrected chi connectivity index (χ4v) is 4.21. The summed E-state index contributed by atoms with van der Waals surface area (Å²) in [5.74, 6) is -3.94. The third kappa shape index (κ3) is 3.35. The van der Waals surface area contributed by atoms with E-state index in [1.807, 2.05) is 0 Å². The van der Waals surface area contributed by atoms with E-state index in [1.54, 1.807) is 0 Å². The molecule has 0 aliphatic carbocycles. The van der Waals surface area contributed by atoms with Gasteiger partial charge in [-0.25, -0.2) is 27.4 Å². The first-order valence-corrected chi connectivity index (χ1v) is 10.3. The van der Waals surface area contributed by atoms with Crippen LogP contribution in [0.3, 0.4) is 0 Å². The van der Waals surface area contributed by atoms with E-state index in [4.69, 9.17) is 16.0 Å². The molecule has 0 bridgehead atoms. The standard InChI is InChI=1S/C10H16N6O11S2/c11-6-14-5-3(2-26-8(17)28(20,21)22)13-7(12)16-1-4(27-29(23,24)25)10(18,19)9(5,16)15-6/h3-5,18-19H,1-2H2,(H2,12,13)(H3,11,14,15)(H,20,21,22)(H,23,24,25)/p-1/t3-,4-,5-,9-/m0/s1. The van der Waals surface area contributed by atoms with Crippen LogP contribution >= 0.6 is 0 Å². The van der Waals surface area contributed by atoms with Crippen molar-refractivity contribution in [3.8, 4) is 0 Å². The Morgan fingerprint density at radius 2 is 1.93 bits per heavy atom. The Balaban J connectivity index is 1.99. The summed E-state index contributed by atoms with van der Waals surface area (Å²) in [5, 5.41) is 21.7. The van der Waals surface area contributed by atoms with Crippen LogP contribution in [-0.2, 0) is 29.4 Å². The quantitative estimate of drug-likeness (QED) is 0.130. The predicted molar refractivity (Wildman–Crippen MR) is 88.0 cm³/mol. The Labute approximate surface area is 162 Å². The van der Waals surface area contributed by atoms with Crippen LogP contribution in [0, 0.1) is 0 Å². The van der Waals surface area contributed by atoms with Crippen molar-refractivity contribution in [1.29, 1.82) is 0 Å². The minimum absolute atomic E-state index is 0.377. The molecule has 0 amide bonds. The summed E-state index contributed by atoms with van der Waals surface area (Å²) in [6, 6.07) is -2.80. The van der Waals surface area contributed by atoms with Crippen molar-refractivity contribution in [2.24, 2.45) is 21.5 Å². The van der Waals surface area contributed by atoms with E-state index in [-0.39, 0.29) is 5.96 Å². The lowest BCUT2D eigenvalue weighted by atomic mass is 9.86. The van der Waals surface area contributed by atoms with Crippen LogP contribution in [0.1, 0.15) is 0 Å². The normalized spacial score (nSPS) is 33.2. The largest absolute Gasteiger partial charge is 0.739 e. The number of nitrogens with two attached hydrogens (primary N) is 2. The van der Waals surface area contributed by atoms with E-state index in [0.29, 0.717) is 0 Å². The molecule has 8 N–H and O–H groups in total. The number of carbonyl (C=O) groups excluding carboxylic acids is 1. The number of nitrogens with zero attached hydrogens (tertiary/aromatic N) is 3. The van der Waals surface area contributed by atoms with Crippen molar-refractivity contribution < 1.29 is 49.9 Å². The molecule has 19 heteroatoms. The molecule has 3 aliphatic heterocycles. The zero-order valence-corrected chi connectivity index (χ0v) is 15.7. The number of aliphatic hydroxyl groups is 2. The molecule has 17 nitrogen and oxygen atoms in total. The molecule has 0 saturated carbocycles. The van der Waals surface area contributed by atoms with Gasteiger partial charge in [0.1, 0.15) is 18.7 Å². The van der Waals surface area contributed by atoms with E-state index >= 15 is 0 Å². The minimum atomic E-state index is -5.41. The molecule has 0 aromatic carbocycles. The highest BCUT2D eigenvalue weighted by molar-refractivity contribution is 8.00. The maximum atomic E-state index is 11.2. The number of nitrogens with one attached hydrogen (secondary N) is 1. The molecule has 1 fully saturated rings. The molecule has 29 heavy (non-hydrogen) atoms. The molecule has 0 unspecified atom stereocenters. The van der Waals surface area contributed by atoms with Crippen molar-refractivity contribution in [3.63, 3.8) is 0 Å². The van der Waals surface area contributed by atoms with Gasteiger partial charge in [0.05, 0.1) is 6.54 Å². The number of ether oxygens (including phenoxy) is 1. The van der Waals surface area contributed by atoms with Gasteiger partial charge in [-0.15, -0.1) is 0 Å². The monoisotopic (exact) mass is 459 g/mol. The lowest BCUT2D eigenvalue weighted by molar-refractivity contribution is -0.252. The lowest BCUT2D eigenvalue weighted by Gasteiger charge is -2.48. The topological polar surface area (TPSA) is 280 Å². The second kappa shape index (κ2) is 6.35. The van der Waals surface area contributed by atoms with Crippen LogP contribution in [0.15, 0.2) is 9.98 Å². The van der Waals surface area contributed by atoms with Crippen molar-refractivity contribution >= 4 is 37.7 Å². The molecular formula is C10H15N6O11S2-. The molecular weight excluding hydrogens is 444 g/mol. The fraction of sp³-hybridized carbons (Fsp3) is 0.700. The van der Waals surface area contributed by atoms with E-state index in [0.717, 1.165) is 4.90 Å². The van der Waals surface area contributed by atoms with Crippen molar-refractivity contribution in [1.82, 2.24) is 10.2 Å². The van der Waals surface area contributed by atoms with Gasteiger partial charge in [0.2, 0.25) is 5.79 Å². The summed E-state index contributed by atoms with van der Waals surface area (Å²) in [6.45, 7) is -1.49. The molecule has 164 valence electrons. The lowest BCUT2D eigenvalue weighted by Crippen LogP contribution is -2.77. The number of hydrogen-bond donors (Lipinski definition) is 6. The van der Waals surface area contributed by atoms with E-state index in [9.17, 15) is 36.4 Å². The second-order valence-electron chi connectivity index (χ2n) is 6.27. The average molecular weight is 459 g/mol. The second-order valence-corrected chi connectivity index (χ2v) is 8.56. The molecule has 0 radical (unpaired) electrons. The molecule has 1 saturated heterocycles. The van der Waals surface area contributed by atoms with Crippen molar-refractivity contribution in [2.75, 3.05) is 13.2 Å². The highest BCUT2D eigenvalue weighted by Gasteiger charge is 2.74. The SMILES string of the molecule is NC1=N[C@H]2[C@H](COC(=O)S(=O)(=O)[O-])N=C(N)N3C[C@H](OS(=O)(=O)O)C(O)(O)[C@]23N1. The van der Waals surface area contributed by atoms with Crippen LogP contribution in [0.25, 0.3) is 0 Å². The Kier molecular flexibility index (Phi) is 4.69. The third-order valence-corrected chi connectivity index (χ3v) is 5.56. The molecule has 0 aromatic heterocycles. The van der Waals surface area contributed by atoms with Gasteiger partial charge in [-0.2, -0.15) is 8.42 Å². The van der Waals surface area contributed by atoms with Gasteiger partial charge in [0.15, 0.2) is 33.8 Å². The number of hydrogen-bond acceptors (Lipinski definition) is 16. The first kappa shape index (κ1) is 21.4. The molecule has 4 atom stereocenters. The van der Waals surface area contributed by atoms with E-state index in [1.165, 1.54) is 0 Å². The molecule has 3 aliphatic rings. The van der Waals surface area contributed by atoms with Crippen LogP contribution in [0.4, 0.5) is 4.79 Å². The first-order chi connectivity index (χ1) is 13.1. The fourth-order valence-electron chi connectivity index (χ4n) is 3.51. The van der Waals surface area contributed by atoms with E-state index in [2.05, 4.69) is 24.2 Å². The third-order valence-electron chi connectivity index (χ3n) is 4.56. The zero-order valence-electron chi connectivity index (χ0n) is 14.1. The molecule has 3 heterocycles. The Morgan fingerprint density at radius 3 is 2.48 bits per heavy atom. The summed E-state index contributed by atoms with van der Waals surface area (Å²) < 4.78 is 71.7. The predicted octanol–water partition coefficient (Wildman–Crippen LogP) is -5.47. The summed E-state index contributed by atoms with van der Waals surface area (Å²) in [4.78, 5) is 20.0. The maximum Gasteiger partial charge on any atom is 0.412 e. The van der Waals surface area contributed by atoms with Crippen LogP contribution < -0.4 is 16.8 Å². The van der Waals surface area contributed by atoms with Gasteiger partial charge in [0.25, 0.3) is 0 Å². The Morgan fingerprint density at radius 1 is 1.31 bits per heavy atom. The smallest absolute Gasteiger partial charge is 0.412 e. The van der Waals surface area contributed by atoms with Crippen LogP contribution in [0.2, 0.25) is 0 Å². The summed E-state index contributed by atoms with van der Waals surface area (Å²) in [5.41, 5.74) is 9.20. The van der Waals surface area contributed by atoms with Crippen molar-refractivity contribution in [3.05, 3.63) is 0 Å². The first-order valence-electron chi connectivity index (χ1n) is 7.55. The average Bonchev–Trinajstić information content (AvgIpc) is 3.00. The van der Waals surface area contributed by atoms with Crippen molar-refractivity contribution in [2.45, 2.75) is 29.6 Å². The highest BCUT2D eigenvalue weighted by Crippen LogP contribution is 2.45. The maximum absolute atomic E-state index is 11.2. The van der Waals surface area contributed by atoms with Gasteiger partial charge < -0.3 is 41.2 Å². The summed E-state index contributed by atoms with van der Waals surface area (Å²) in [6.07, 6.45) is -1.99. The van der Waals surface area contributed by atoms with Gasteiger partial charge in [-0.1, -0.05) is 0 Å². The number of carbonyl (C=O) groups is 1. The summed E-state index contributed by atoms with van der Waals surface area (Å²) >= 11 is 0. The van der Waals surface area contributed by atoms with Crippen LogP contribution in [-0.4, -0.2) is 101 Å². The van der Waals surface area contributed by atoms with Gasteiger partial charge in [-0.05, 0) is 0 Å². The van der Waals surface area contributed by atoms with Gasteiger partial charge in [-0.3, -0.25) is 4.55 Å². The Bertz CT molecular complexity index is 1010. The number of aliphatic imine (C=N–C) groups is 2. The highest BCUT2D eigenvalue weighted by atomic mass is 32.3. The van der Waals surface area contributed by atoms with E-state index < -0.39 is 74.6 Å².